The number of rotatable bonds is 3. The van der Waals surface area contributed by atoms with Gasteiger partial charge in [-0.1, -0.05) is 12.1 Å². The van der Waals surface area contributed by atoms with Crippen molar-refractivity contribution in [2.24, 2.45) is 0 Å². The van der Waals surface area contributed by atoms with Gasteiger partial charge in [0.25, 0.3) is 0 Å². The number of aliphatic hydroxyl groups is 1. The fourth-order valence-electron chi connectivity index (χ4n) is 1.82. The van der Waals surface area contributed by atoms with Crippen LogP contribution in [0.25, 0.3) is 0 Å². The predicted octanol–water partition coefficient (Wildman–Crippen LogP) is 2.37. The third kappa shape index (κ3) is 2.82. The molecular weight excluding hydrogens is 214 g/mol. The summed E-state index contributed by atoms with van der Waals surface area (Å²) in [6, 6.07) is 8.72. The third-order valence-corrected chi connectivity index (χ3v) is 2.79. The Morgan fingerprint density at radius 1 is 1.18 bits per heavy atom. The molecule has 0 saturated carbocycles. The van der Waals surface area contributed by atoms with Gasteiger partial charge in [0.1, 0.15) is 5.75 Å². The lowest BCUT2D eigenvalue weighted by Crippen LogP contribution is -2.04. The second kappa shape index (κ2) is 4.97. The standard InChI is InChI=1S/C14H15NO2/c1-10-9-15-7-6-13(10)14(17)8-11-2-4-12(16)5-3-11/h2-7,9,14,16-17H,8H2,1H3. The van der Waals surface area contributed by atoms with Crippen LogP contribution in [0.5, 0.6) is 5.75 Å². The van der Waals surface area contributed by atoms with Crippen LogP contribution in [0.15, 0.2) is 42.7 Å². The molecule has 17 heavy (non-hydrogen) atoms. The van der Waals surface area contributed by atoms with Gasteiger partial charge in [-0.15, -0.1) is 0 Å². The molecule has 88 valence electrons. The lowest BCUT2D eigenvalue weighted by Gasteiger charge is -2.13. The van der Waals surface area contributed by atoms with Crippen molar-refractivity contribution in [2.75, 3.05) is 0 Å². The van der Waals surface area contributed by atoms with Gasteiger partial charge in [0.15, 0.2) is 0 Å². The van der Waals surface area contributed by atoms with Crippen LogP contribution in [0, 0.1) is 6.92 Å². The Labute approximate surface area is 100 Å². The number of hydrogen-bond donors (Lipinski definition) is 2. The highest BCUT2D eigenvalue weighted by Crippen LogP contribution is 2.21. The van der Waals surface area contributed by atoms with Crippen LogP contribution in [0.3, 0.4) is 0 Å². The van der Waals surface area contributed by atoms with Gasteiger partial charge in [-0.05, 0) is 41.8 Å². The fourth-order valence-corrected chi connectivity index (χ4v) is 1.82. The molecule has 0 aliphatic heterocycles. The summed E-state index contributed by atoms with van der Waals surface area (Å²) >= 11 is 0. The Morgan fingerprint density at radius 3 is 2.53 bits per heavy atom. The van der Waals surface area contributed by atoms with E-state index in [4.69, 9.17) is 0 Å². The van der Waals surface area contributed by atoms with Crippen LogP contribution in [0.1, 0.15) is 22.8 Å². The molecule has 1 aromatic carbocycles. The van der Waals surface area contributed by atoms with Gasteiger partial charge >= 0.3 is 0 Å². The summed E-state index contributed by atoms with van der Waals surface area (Å²) in [7, 11) is 0. The second-order valence-electron chi connectivity index (χ2n) is 4.12. The maximum Gasteiger partial charge on any atom is 0.115 e. The first-order chi connectivity index (χ1) is 8.16. The van der Waals surface area contributed by atoms with Crippen molar-refractivity contribution in [1.29, 1.82) is 0 Å². The lowest BCUT2D eigenvalue weighted by atomic mass is 9.99. The van der Waals surface area contributed by atoms with Gasteiger partial charge in [0, 0.05) is 18.8 Å². The van der Waals surface area contributed by atoms with Gasteiger partial charge < -0.3 is 10.2 Å². The zero-order valence-electron chi connectivity index (χ0n) is 9.67. The smallest absolute Gasteiger partial charge is 0.115 e. The number of phenolic OH excluding ortho intramolecular Hbond substituents is 1. The van der Waals surface area contributed by atoms with Crippen LogP contribution in [0.2, 0.25) is 0 Å². The number of aliphatic hydroxyl groups excluding tert-OH is 1. The van der Waals surface area contributed by atoms with Crippen LogP contribution in [-0.2, 0) is 6.42 Å². The van der Waals surface area contributed by atoms with Crippen molar-refractivity contribution in [3.8, 4) is 5.75 Å². The van der Waals surface area contributed by atoms with E-state index in [-0.39, 0.29) is 5.75 Å². The monoisotopic (exact) mass is 229 g/mol. The minimum Gasteiger partial charge on any atom is -0.508 e. The van der Waals surface area contributed by atoms with E-state index in [9.17, 15) is 10.2 Å². The summed E-state index contributed by atoms with van der Waals surface area (Å²) in [5.41, 5.74) is 2.87. The molecule has 0 amide bonds. The first-order valence-corrected chi connectivity index (χ1v) is 5.53. The number of benzene rings is 1. The fraction of sp³-hybridized carbons (Fsp3) is 0.214. The Balaban J connectivity index is 2.14. The average Bonchev–Trinajstić information content (AvgIpc) is 2.32. The number of phenols is 1. The van der Waals surface area contributed by atoms with E-state index in [0.29, 0.717) is 6.42 Å². The quantitative estimate of drug-likeness (QED) is 0.849. The molecule has 0 aliphatic carbocycles. The molecule has 2 aromatic rings. The van der Waals surface area contributed by atoms with Gasteiger partial charge in [0.05, 0.1) is 6.10 Å². The van der Waals surface area contributed by atoms with Crippen LogP contribution < -0.4 is 0 Å². The highest BCUT2D eigenvalue weighted by Gasteiger charge is 2.10. The van der Waals surface area contributed by atoms with Crippen LogP contribution in [-0.4, -0.2) is 15.2 Å². The number of pyridine rings is 1. The first-order valence-electron chi connectivity index (χ1n) is 5.53. The van der Waals surface area contributed by atoms with Gasteiger partial charge in [-0.2, -0.15) is 0 Å². The van der Waals surface area contributed by atoms with Crippen molar-refractivity contribution in [3.05, 3.63) is 59.4 Å². The minimum absolute atomic E-state index is 0.239. The molecule has 1 atom stereocenters. The summed E-state index contributed by atoms with van der Waals surface area (Å²) in [5.74, 6) is 0.239. The highest BCUT2D eigenvalue weighted by atomic mass is 16.3. The van der Waals surface area contributed by atoms with E-state index in [1.165, 1.54) is 0 Å². The largest absolute Gasteiger partial charge is 0.508 e. The van der Waals surface area contributed by atoms with Gasteiger partial charge in [0.2, 0.25) is 0 Å². The SMILES string of the molecule is Cc1cnccc1C(O)Cc1ccc(O)cc1. The molecule has 1 heterocycles. The van der Waals surface area contributed by atoms with E-state index < -0.39 is 6.10 Å². The molecule has 2 N–H and O–H groups in total. The van der Waals surface area contributed by atoms with Crippen molar-refractivity contribution in [1.82, 2.24) is 4.98 Å². The lowest BCUT2D eigenvalue weighted by molar-refractivity contribution is 0.177. The zero-order valence-corrected chi connectivity index (χ0v) is 9.67. The Bertz CT molecular complexity index is 494. The van der Waals surface area contributed by atoms with E-state index in [0.717, 1.165) is 16.7 Å². The molecule has 0 saturated heterocycles. The van der Waals surface area contributed by atoms with Crippen molar-refractivity contribution < 1.29 is 10.2 Å². The van der Waals surface area contributed by atoms with Crippen LogP contribution in [0.4, 0.5) is 0 Å². The molecule has 3 nitrogen and oxygen atoms in total. The van der Waals surface area contributed by atoms with E-state index in [2.05, 4.69) is 4.98 Å². The molecule has 0 aliphatic rings. The maximum atomic E-state index is 10.1. The predicted molar refractivity (Wildman–Crippen MR) is 65.7 cm³/mol. The van der Waals surface area contributed by atoms with Gasteiger partial charge in [-0.3, -0.25) is 4.98 Å². The van der Waals surface area contributed by atoms with E-state index >= 15 is 0 Å². The molecule has 2 rings (SSSR count). The van der Waals surface area contributed by atoms with Gasteiger partial charge in [-0.25, -0.2) is 0 Å². The number of aryl methyl sites for hydroxylation is 1. The van der Waals surface area contributed by atoms with E-state index in [1.807, 2.05) is 25.1 Å². The average molecular weight is 229 g/mol. The zero-order chi connectivity index (χ0) is 12.3. The summed E-state index contributed by atoms with van der Waals surface area (Å²) in [6.45, 7) is 1.93. The second-order valence-corrected chi connectivity index (χ2v) is 4.12. The van der Waals surface area contributed by atoms with E-state index in [1.54, 1.807) is 24.5 Å². The molecule has 1 unspecified atom stereocenters. The Morgan fingerprint density at radius 2 is 1.88 bits per heavy atom. The summed E-state index contributed by atoms with van der Waals surface area (Å²) in [5, 5.41) is 19.3. The maximum absolute atomic E-state index is 10.1. The molecule has 0 fully saturated rings. The molecule has 3 heteroatoms. The number of hydrogen-bond acceptors (Lipinski definition) is 3. The van der Waals surface area contributed by atoms with Crippen molar-refractivity contribution in [3.63, 3.8) is 0 Å². The normalized spacial score (nSPS) is 12.4. The molecule has 0 bridgehead atoms. The van der Waals surface area contributed by atoms with Crippen molar-refractivity contribution >= 4 is 0 Å². The van der Waals surface area contributed by atoms with Crippen molar-refractivity contribution in [2.45, 2.75) is 19.4 Å². The topological polar surface area (TPSA) is 53.4 Å². The van der Waals surface area contributed by atoms with Crippen LogP contribution >= 0.6 is 0 Å². The highest BCUT2D eigenvalue weighted by molar-refractivity contribution is 5.29. The molecule has 0 radical (unpaired) electrons. The third-order valence-electron chi connectivity index (χ3n) is 2.79. The number of aromatic hydroxyl groups is 1. The summed E-state index contributed by atoms with van der Waals surface area (Å²) < 4.78 is 0. The minimum atomic E-state index is -0.539. The molecular formula is C14H15NO2. The molecule has 0 spiro atoms. The number of aromatic nitrogens is 1. The first kappa shape index (κ1) is 11.6. The summed E-state index contributed by atoms with van der Waals surface area (Å²) in [4.78, 5) is 4.00. The Hall–Kier alpha value is -1.87. The number of nitrogens with zero attached hydrogens (tertiary/aromatic N) is 1. The molecule has 1 aromatic heterocycles. The summed E-state index contributed by atoms with van der Waals surface area (Å²) in [6.07, 6.45) is 3.42. The Kier molecular flexibility index (Phi) is 3.40.